The van der Waals surface area contributed by atoms with Crippen LogP contribution < -0.4 is 5.73 Å². The average Bonchev–Trinajstić information content (AvgIpc) is 3.20. The smallest absolute Gasteiger partial charge is 0.164 e. The summed E-state index contributed by atoms with van der Waals surface area (Å²) in [5, 5.41) is 21.7. The Morgan fingerprint density at radius 3 is 2.67 bits per heavy atom. The molecule has 0 saturated carbocycles. The first-order chi connectivity index (χ1) is 12.9. The monoisotopic (exact) mass is 376 g/mol. The number of fused-ring (bicyclic) bond motifs is 1. The predicted octanol–water partition coefficient (Wildman–Crippen LogP) is 1.34. The largest absolute Gasteiger partial charge is 0.387 e. The molecule has 27 heavy (non-hydrogen) atoms. The molecule has 1 saturated heterocycles. The summed E-state index contributed by atoms with van der Waals surface area (Å²) >= 11 is 0. The minimum absolute atomic E-state index is 0.251. The van der Waals surface area contributed by atoms with Gasteiger partial charge in [-0.3, -0.25) is 0 Å². The van der Waals surface area contributed by atoms with Crippen molar-refractivity contribution in [1.82, 2.24) is 14.5 Å². The van der Waals surface area contributed by atoms with Crippen molar-refractivity contribution in [2.75, 3.05) is 0 Å². The van der Waals surface area contributed by atoms with Crippen molar-refractivity contribution in [1.29, 1.82) is 0 Å². The Kier molecular flexibility index (Phi) is 4.39. The first-order valence-electron chi connectivity index (χ1n) is 8.38. The van der Waals surface area contributed by atoms with Gasteiger partial charge in [-0.2, -0.15) is 0 Å². The summed E-state index contributed by atoms with van der Waals surface area (Å²) in [5.41, 5.74) is 7.66. The predicted molar refractivity (Wildman–Crippen MR) is 91.5 cm³/mol. The summed E-state index contributed by atoms with van der Waals surface area (Å²) in [7, 11) is 0. The van der Waals surface area contributed by atoms with Crippen LogP contribution in [-0.4, -0.2) is 43.1 Å². The third-order valence-corrected chi connectivity index (χ3v) is 4.94. The van der Waals surface area contributed by atoms with Gasteiger partial charge >= 0.3 is 0 Å². The summed E-state index contributed by atoms with van der Waals surface area (Å²) < 4.78 is 34.1. The van der Waals surface area contributed by atoms with E-state index in [0.717, 1.165) is 23.2 Å². The van der Waals surface area contributed by atoms with Crippen LogP contribution in [0.25, 0.3) is 11.0 Å². The summed E-state index contributed by atoms with van der Waals surface area (Å²) in [6, 6.07) is 4.06. The Morgan fingerprint density at radius 1 is 1.15 bits per heavy atom. The molecule has 9 heteroatoms. The minimum Gasteiger partial charge on any atom is -0.387 e. The number of ether oxygens (including phenoxy) is 1. The van der Waals surface area contributed by atoms with Crippen LogP contribution in [0, 0.1) is 18.6 Å². The molecule has 7 nitrogen and oxygen atoms in total. The van der Waals surface area contributed by atoms with Crippen molar-refractivity contribution < 1.29 is 23.7 Å². The first-order valence-corrected chi connectivity index (χ1v) is 8.38. The molecule has 1 aliphatic rings. The van der Waals surface area contributed by atoms with Crippen molar-refractivity contribution in [2.24, 2.45) is 5.73 Å². The van der Waals surface area contributed by atoms with Crippen LogP contribution in [0.2, 0.25) is 0 Å². The fourth-order valence-electron chi connectivity index (χ4n) is 3.42. The molecule has 1 aromatic carbocycles. The maximum Gasteiger partial charge on any atom is 0.164 e. The molecule has 142 valence electrons. The maximum atomic E-state index is 13.5. The van der Waals surface area contributed by atoms with Crippen LogP contribution in [0.15, 0.2) is 36.8 Å². The number of rotatable bonds is 3. The van der Waals surface area contributed by atoms with Crippen LogP contribution in [0.3, 0.4) is 0 Å². The zero-order valence-corrected chi connectivity index (χ0v) is 14.3. The van der Waals surface area contributed by atoms with E-state index in [2.05, 4.69) is 9.97 Å². The molecule has 0 unspecified atom stereocenters. The molecule has 0 radical (unpaired) electrons. The Hall–Kier alpha value is -2.46. The van der Waals surface area contributed by atoms with E-state index in [1.54, 1.807) is 16.8 Å². The van der Waals surface area contributed by atoms with E-state index in [0.29, 0.717) is 5.65 Å². The minimum atomic E-state index is -1.32. The van der Waals surface area contributed by atoms with Crippen molar-refractivity contribution in [3.8, 4) is 0 Å². The number of halogens is 2. The van der Waals surface area contributed by atoms with E-state index in [4.69, 9.17) is 10.5 Å². The van der Waals surface area contributed by atoms with E-state index in [-0.39, 0.29) is 5.56 Å². The fraction of sp³-hybridized carbons (Fsp3) is 0.333. The number of nitrogens with two attached hydrogens (primary N) is 1. The zero-order valence-electron chi connectivity index (χ0n) is 14.3. The maximum absolute atomic E-state index is 13.5. The molecule has 1 fully saturated rings. The second-order valence-electron chi connectivity index (χ2n) is 6.59. The van der Waals surface area contributed by atoms with Crippen LogP contribution in [0.4, 0.5) is 8.78 Å². The fourth-order valence-corrected chi connectivity index (χ4v) is 3.42. The van der Waals surface area contributed by atoms with Crippen molar-refractivity contribution in [2.45, 2.75) is 37.5 Å². The van der Waals surface area contributed by atoms with Crippen LogP contribution in [-0.2, 0) is 4.74 Å². The highest BCUT2D eigenvalue weighted by Gasteiger charge is 2.47. The Balaban J connectivity index is 1.66. The average molecular weight is 376 g/mol. The SMILES string of the molecule is Cc1ncnc2c1ccn2[C@@H]1O[C@H]([C@H](N)c2ccc(F)c(F)c2)[C@@H](O)[C@H]1O. The Bertz CT molecular complexity index is 996. The number of hydrogen-bond acceptors (Lipinski definition) is 6. The van der Waals surface area contributed by atoms with E-state index in [1.165, 1.54) is 12.4 Å². The molecule has 4 rings (SSSR count). The third kappa shape index (κ3) is 2.88. The molecule has 3 aromatic rings. The molecule has 4 N–H and O–H groups in total. The molecular formula is C18H18F2N4O3. The quantitative estimate of drug-likeness (QED) is 0.637. The number of nitrogens with zero attached hydrogens (tertiary/aromatic N) is 3. The van der Waals surface area contributed by atoms with Gasteiger partial charge in [-0.15, -0.1) is 0 Å². The molecule has 1 aliphatic heterocycles. The molecule has 3 heterocycles. The normalized spacial score (nSPS) is 26.6. The van der Waals surface area contributed by atoms with Crippen LogP contribution >= 0.6 is 0 Å². The van der Waals surface area contributed by atoms with Gasteiger partial charge in [-0.05, 0) is 30.7 Å². The van der Waals surface area contributed by atoms with Gasteiger partial charge < -0.3 is 25.3 Å². The number of aromatic nitrogens is 3. The lowest BCUT2D eigenvalue weighted by Gasteiger charge is -2.22. The summed E-state index contributed by atoms with van der Waals surface area (Å²) in [6.45, 7) is 1.83. The van der Waals surface area contributed by atoms with Gasteiger partial charge in [-0.1, -0.05) is 6.07 Å². The number of aryl methyl sites for hydroxylation is 1. The summed E-state index contributed by atoms with van der Waals surface area (Å²) in [4.78, 5) is 8.33. The number of hydrogen-bond donors (Lipinski definition) is 3. The molecule has 0 aliphatic carbocycles. The van der Waals surface area contributed by atoms with E-state index >= 15 is 0 Å². The molecular weight excluding hydrogens is 358 g/mol. The number of benzene rings is 1. The standard InChI is InChI=1S/C18H18F2N4O3/c1-8-10-4-5-24(17(10)23-7-22-8)18-15(26)14(25)16(27-18)13(21)9-2-3-11(19)12(20)6-9/h2-7,13-16,18,25-26H,21H2,1H3/t13-,14+,15-,16-,18-/m1/s1. The highest BCUT2D eigenvalue weighted by Crippen LogP contribution is 2.36. The lowest BCUT2D eigenvalue weighted by Crippen LogP contribution is -2.38. The first kappa shape index (κ1) is 17.9. The summed E-state index contributed by atoms with van der Waals surface area (Å²) in [5.74, 6) is -2.04. The van der Waals surface area contributed by atoms with Crippen LogP contribution in [0.5, 0.6) is 0 Å². The zero-order chi connectivity index (χ0) is 19.3. The van der Waals surface area contributed by atoms with Gasteiger partial charge in [0.15, 0.2) is 17.9 Å². The van der Waals surface area contributed by atoms with Gasteiger partial charge in [-0.25, -0.2) is 18.7 Å². The van der Waals surface area contributed by atoms with Crippen molar-refractivity contribution >= 4 is 11.0 Å². The molecule has 0 bridgehead atoms. The third-order valence-electron chi connectivity index (χ3n) is 4.94. The molecule has 0 spiro atoms. The molecule has 5 atom stereocenters. The van der Waals surface area contributed by atoms with Crippen LogP contribution in [0.1, 0.15) is 23.5 Å². The van der Waals surface area contributed by atoms with Gasteiger partial charge in [0.05, 0.1) is 11.7 Å². The molecule has 2 aromatic heterocycles. The van der Waals surface area contributed by atoms with Gasteiger partial charge in [0, 0.05) is 11.6 Å². The lowest BCUT2D eigenvalue weighted by molar-refractivity contribution is -0.0422. The Labute approximate surface area is 153 Å². The van der Waals surface area contributed by atoms with Gasteiger partial charge in [0.1, 0.15) is 30.3 Å². The molecule has 0 amide bonds. The van der Waals surface area contributed by atoms with Gasteiger partial charge in [0.2, 0.25) is 0 Å². The topological polar surface area (TPSA) is 106 Å². The van der Waals surface area contributed by atoms with E-state index in [1.807, 2.05) is 6.92 Å². The van der Waals surface area contributed by atoms with Crippen molar-refractivity contribution in [3.05, 3.63) is 59.7 Å². The number of aliphatic hydroxyl groups excluding tert-OH is 2. The number of aliphatic hydroxyl groups is 2. The lowest BCUT2D eigenvalue weighted by atomic mass is 9.97. The second kappa shape index (κ2) is 6.61. The second-order valence-corrected chi connectivity index (χ2v) is 6.59. The van der Waals surface area contributed by atoms with Gasteiger partial charge in [0.25, 0.3) is 0 Å². The highest BCUT2D eigenvalue weighted by atomic mass is 19.2. The van der Waals surface area contributed by atoms with Crippen molar-refractivity contribution in [3.63, 3.8) is 0 Å². The summed E-state index contributed by atoms with van der Waals surface area (Å²) in [6.07, 6.45) is -1.48. The van der Waals surface area contributed by atoms with E-state index in [9.17, 15) is 19.0 Å². The Morgan fingerprint density at radius 2 is 1.93 bits per heavy atom. The highest BCUT2D eigenvalue weighted by molar-refractivity contribution is 5.78. The van der Waals surface area contributed by atoms with E-state index < -0.39 is 42.2 Å².